The van der Waals surface area contributed by atoms with E-state index in [1.54, 1.807) is 13.0 Å². The Morgan fingerprint density at radius 1 is 1.53 bits per heavy atom. The molecule has 3 heteroatoms. The molecule has 0 spiro atoms. The third-order valence-electron chi connectivity index (χ3n) is 2.88. The fraction of sp³-hybridized carbons (Fsp3) is 0.667. The molecular formula is C12H18O3. The molecule has 15 heavy (non-hydrogen) atoms. The quantitative estimate of drug-likeness (QED) is 0.670. The van der Waals surface area contributed by atoms with E-state index in [1.807, 2.05) is 13.8 Å². The van der Waals surface area contributed by atoms with Gasteiger partial charge in [-0.25, -0.2) is 0 Å². The molecule has 1 aliphatic carbocycles. The van der Waals surface area contributed by atoms with E-state index in [2.05, 4.69) is 0 Å². The lowest BCUT2D eigenvalue weighted by atomic mass is 9.77. The zero-order valence-corrected chi connectivity index (χ0v) is 9.58. The van der Waals surface area contributed by atoms with Crippen molar-refractivity contribution in [1.29, 1.82) is 0 Å². The second kappa shape index (κ2) is 5.10. The van der Waals surface area contributed by atoms with Gasteiger partial charge in [-0.1, -0.05) is 18.9 Å². The van der Waals surface area contributed by atoms with Crippen LogP contribution in [0.5, 0.6) is 0 Å². The molecule has 0 radical (unpaired) electrons. The molecule has 0 aliphatic heterocycles. The third kappa shape index (κ3) is 2.67. The normalized spacial score (nSPS) is 26.1. The van der Waals surface area contributed by atoms with E-state index in [9.17, 15) is 9.59 Å². The van der Waals surface area contributed by atoms with E-state index in [4.69, 9.17) is 4.74 Å². The number of carbonyl (C=O) groups is 2. The first kappa shape index (κ1) is 12.0. The highest BCUT2D eigenvalue weighted by Crippen LogP contribution is 2.32. The molecule has 0 saturated carbocycles. The van der Waals surface area contributed by atoms with E-state index < -0.39 is 0 Å². The van der Waals surface area contributed by atoms with Crippen LogP contribution >= 0.6 is 0 Å². The van der Waals surface area contributed by atoms with Gasteiger partial charge in [0, 0.05) is 6.42 Å². The summed E-state index contributed by atoms with van der Waals surface area (Å²) in [5.74, 6) is -0.167. The van der Waals surface area contributed by atoms with Crippen LogP contribution in [-0.2, 0) is 14.3 Å². The van der Waals surface area contributed by atoms with Crippen molar-refractivity contribution in [3.8, 4) is 0 Å². The van der Waals surface area contributed by atoms with Crippen LogP contribution in [0, 0.1) is 11.8 Å². The zero-order chi connectivity index (χ0) is 11.4. The van der Waals surface area contributed by atoms with Crippen LogP contribution in [0.15, 0.2) is 11.6 Å². The van der Waals surface area contributed by atoms with Crippen molar-refractivity contribution < 1.29 is 14.3 Å². The van der Waals surface area contributed by atoms with Crippen molar-refractivity contribution >= 4 is 11.8 Å². The largest absolute Gasteiger partial charge is 0.466 e. The monoisotopic (exact) mass is 210 g/mol. The smallest absolute Gasteiger partial charge is 0.313 e. The van der Waals surface area contributed by atoms with Gasteiger partial charge < -0.3 is 4.74 Å². The van der Waals surface area contributed by atoms with Crippen LogP contribution in [0.2, 0.25) is 0 Å². The molecule has 1 rings (SSSR count). The van der Waals surface area contributed by atoms with Gasteiger partial charge in [-0.15, -0.1) is 0 Å². The fourth-order valence-corrected chi connectivity index (χ4v) is 2.14. The number of hydrogen-bond donors (Lipinski definition) is 0. The Bertz CT molecular complexity index is 291. The highest BCUT2D eigenvalue weighted by molar-refractivity contribution is 5.94. The molecule has 0 fully saturated rings. The van der Waals surface area contributed by atoms with Gasteiger partial charge in [0.2, 0.25) is 0 Å². The molecule has 2 atom stereocenters. The highest BCUT2D eigenvalue weighted by Gasteiger charge is 2.34. The Morgan fingerprint density at radius 2 is 2.20 bits per heavy atom. The molecule has 1 aliphatic rings. The molecule has 0 saturated heterocycles. The summed E-state index contributed by atoms with van der Waals surface area (Å²) in [5.41, 5.74) is 0.844. The summed E-state index contributed by atoms with van der Waals surface area (Å²) < 4.78 is 5.03. The maximum atomic E-state index is 11.7. The Hall–Kier alpha value is -1.12. The van der Waals surface area contributed by atoms with Gasteiger partial charge >= 0.3 is 5.97 Å². The van der Waals surface area contributed by atoms with Crippen molar-refractivity contribution in [2.45, 2.75) is 33.6 Å². The summed E-state index contributed by atoms with van der Waals surface area (Å²) in [5, 5.41) is 0. The molecular weight excluding hydrogens is 192 g/mol. The molecule has 0 aromatic heterocycles. The first-order valence-corrected chi connectivity index (χ1v) is 5.47. The van der Waals surface area contributed by atoms with E-state index in [-0.39, 0.29) is 23.6 Å². The SMILES string of the molecule is CCOC(=O)[C@@H]1C(C)=CC(=O)C[C@@H]1CC. The van der Waals surface area contributed by atoms with Gasteiger partial charge in [-0.05, 0) is 25.8 Å². The van der Waals surface area contributed by atoms with Crippen LogP contribution in [0.4, 0.5) is 0 Å². The lowest BCUT2D eigenvalue weighted by Crippen LogP contribution is -2.31. The van der Waals surface area contributed by atoms with Crippen LogP contribution in [0.25, 0.3) is 0 Å². The predicted octanol–water partition coefficient (Wildman–Crippen LogP) is 2.11. The minimum Gasteiger partial charge on any atom is -0.466 e. The number of ether oxygens (including phenoxy) is 1. The van der Waals surface area contributed by atoms with Gasteiger partial charge in [0.25, 0.3) is 0 Å². The average molecular weight is 210 g/mol. The molecule has 84 valence electrons. The highest BCUT2D eigenvalue weighted by atomic mass is 16.5. The summed E-state index contributed by atoms with van der Waals surface area (Å²) >= 11 is 0. The number of esters is 1. The second-order valence-electron chi connectivity index (χ2n) is 3.96. The molecule has 3 nitrogen and oxygen atoms in total. The van der Waals surface area contributed by atoms with E-state index >= 15 is 0 Å². The van der Waals surface area contributed by atoms with E-state index in [1.165, 1.54) is 0 Å². The Kier molecular flexibility index (Phi) is 4.06. The zero-order valence-electron chi connectivity index (χ0n) is 9.58. The Labute approximate surface area is 90.5 Å². The summed E-state index contributed by atoms with van der Waals surface area (Å²) in [7, 11) is 0. The lowest BCUT2D eigenvalue weighted by molar-refractivity contribution is -0.148. The van der Waals surface area contributed by atoms with E-state index in [0.29, 0.717) is 13.0 Å². The van der Waals surface area contributed by atoms with Crippen molar-refractivity contribution in [2.24, 2.45) is 11.8 Å². The number of rotatable bonds is 3. The minimum atomic E-state index is -0.215. The van der Waals surface area contributed by atoms with E-state index in [0.717, 1.165) is 12.0 Å². The lowest BCUT2D eigenvalue weighted by Gasteiger charge is -2.27. The van der Waals surface area contributed by atoms with Crippen molar-refractivity contribution in [2.75, 3.05) is 6.61 Å². The summed E-state index contributed by atoms with van der Waals surface area (Å²) in [4.78, 5) is 23.1. The van der Waals surface area contributed by atoms with Crippen molar-refractivity contribution in [1.82, 2.24) is 0 Å². The molecule has 0 heterocycles. The van der Waals surface area contributed by atoms with Crippen LogP contribution in [0.1, 0.15) is 33.6 Å². The third-order valence-corrected chi connectivity index (χ3v) is 2.88. The molecule has 0 unspecified atom stereocenters. The topological polar surface area (TPSA) is 43.4 Å². The van der Waals surface area contributed by atoms with Gasteiger partial charge in [-0.3, -0.25) is 9.59 Å². The van der Waals surface area contributed by atoms with Gasteiger partial charge in [0.05, 0.1) is 12.5 Å². The predicted molar refractivity (Wildman–Crippen MR) is 57.3 cm³/mol. The average Bonchev–Trinajstić information content (AvgIpc) is 2.16. The summed E-state index contributed by atoms with van der Waals surface area (Å²) in [6, 6.07) is 0. The minimum absolute atomic E-state index is 0.113. The van der Waals surface area contributed by atoms with Crippen LogP contribution in [0.3, 0.4) is 0 Å². The van der Waals surface area contributed by atoms with Crippen molar-refractivity contribution in [3.63, 3.8) is 0 Å². The van der Waals surface area contributed by atoms with Gasteiger partial charge in [0.15, 0.2) is 5.78 Å². The first-order chi connectivity index (χ1) is 7.10. The maximum Gasteiger partial charge on any atom is 0.313 e. The van der Waals surface area contributed by atoms with Crippen LogP contribution < -0.4 is 0 Å². The number of hydrogen-bond acceptors (Lipinski definition) is 3. The second-order valence-corrected chi connectivity index (χ2v) is 3.96. The molecule has 0 aromatic carbocycles. The number of carbonyl (C=O) groups excluding carboxylic acids is 2. The van der Waals surface area contributed by atoms with Gasteiger partial charge in [0.1, 0.15) is 0 Å². The molecule has 0 aromatic rings. The van der Waals surface area contributed by atoms with Crippen LogP contribution in [-0.4, -0.2) is 18.4 Å². The first-order valence-electron chi connectivity index (χ1n) is 5.47. The standard InChI is InChI=1S/C12H18O3/c1-4-9-7-10(13)6-8(3)11(9)12(14)15-5-2/h6,9,11H,4-5,7H2,1-3H3/t9-,11+/m0/s1. The van der Waals surface area contributed by atoms with Gasteiger partial charge in [-0.2, -0.15) is 0 Å². The summed E-state index contributed by atoms with van der Waals surface area (Å²) in [6.07, 6.45) is 2.88. The molecule has 0 amide bonds. The maximum absolute atomic E-state index is 11.7. The number of ketones is 1. The molecule has 0 N–H and O–H groups in total. The van der Waals surface area contributed by atoms with Crippen molar-refractivity contribution in [3.05, 3.63) is 11.6 Å². The molecule has 0 bridgehead atoms. The summed E-state index contributed by atoms with van der Waals surface area (Å²) in [6.45, 7) is 6.03. The number of allylic oxidation sites excluding steroid dienone is 1. The Morgan fingerprint density at radius 3 is 2.73 bits per heavy atom. The Balaban J connectivity index is 2.86. The fourth-order valence-electron chi connectivity index (χ4n) is 2.14.